The fourth-order valence-corrected chi connectivity index (χ4v) is 5.57. The van der Waals surface area contributed by atoms with Crippen LogP contribution >= 0.6 is 0 Å². The summed E-state index contributed by atoms with van der Waals surface area (Å²) in [7, 11) is 0.877. The normalized spacial score (nSPS) is 14.7. The summed E-state index contributed by atoms with van der Waals surface area (Å²) in [6, 6.07) is 12.0. The topological polar surface area (TPSA) is 125 Å². The fourth-order valence-electron chi connectivity index (χ4n) is 4.13. The number of nitrogens with zero attached hydrogens (tertiary/aromatic N) is 7. The summed E-state index contributed by atoms with van der Waals surface area (Å²) in [5, 5.41) is 8.59. The zero-order valence-electron chi connectivity index (χ0n) is 20.0. The molecule has 1 fully saturated rings. The van der Waals surface area contributed by atoms with Crippen molar-refractivity contribution < 1.29 is 22.6 Å². The third-order valence-electron chi connectivity index (χ3n) is 6.07. The van der Waals surface area contributed by atoms with Crippen LogP contribution in [0.25, 0.3) is 16.9 Å². The molecule has 0 amide bonds. The van der Waals surface area contributed by atoms with E-state index in [0.717, 1.165) is 11.4 Å². The summed E-state index contributed by atoms with van der Waals surface area (Å²) in [5.41, 5.74) is 1.89. The Morgan fingerprint density at radius 1 is 0.833 bits per heavy atom. The zero-order chi connectivity index (χ0) is 25.3. The van der Waals surface area contributed by atoms with Gasteiger partial charge in [0.05, 0.1) is 31.9 Å². The molecule has 2 aromatic carbocycles. The highest BCUT2D eigenvalue weighted by molar-refractivity contribution is 7.89. The van der Waals surface area contributed by atoms with Crippen molar-refractivity contribution >= 4 is 27.0 Å². The molecule has 0 spiro atoms. The van der Waals surface area contributed by atoms with E-state index in [2.05, 4.69) is 20.3 Å². The number of piperazine rings is 1. The molecule has 0 saturated carbocycles. The van der Waals surface area contributed by atoms with Crippen LogP contribution < -0.4 is 19.1 Å². The van der Waals surface area contributed by atoms with Crippen LogP contribution in [0.2, 0.25) is 0 Å². The van der Waals surface area contributed by atoms with Crippen LogP contribution in [0, 0.1) is 0 Å². The van der Waals surface area contributed by atoms with Gasteiger partial charge in [-0.15, -0.1) is 5.10 Å². The van der Waals surface area contributed by atoms with Crippen LogP contribution in [-0.2, 0) is 10.0 Å². The van der Waals surface area contributed by atoms with Crippen LogP contribution in [0.1, 0.15) is 0 Å². The summed E-state index contributed by atoms with van der Waals surface area (Å²) < 4.78 is 45.3. The molecule has 4 aromatic rings. The average molecular weight is 512 g/mol. The Hall–Kier alpha value is -3.97. The summed E-state index contributed by atoms with van der Waals surface area (Å²) in [6.07, 6.45) is 1.47. The third kappa shape index (κ3) is 4.16. The van der Waals surface area contributed by atoms with Crippen molar-refractivity contribution in [3.63, 3.8) is 0 Å². The van der Waals surface area contributed by atoms with Crippen molar-refractivity contribution in [2.45, 2.75) is 4.90 Å². The van der Waals surface area contributed by atoms with E-state index in [1.54, 1.807) is 17.9 Å². The molecule has 36 heavy (non-hydrogen) atoms. The van der Waals surface area contributed by atoms with E-state index >= 15 is 0 Å². The number of fused-ring (bicyclic) bond motifs is 1. The monoisotopic (exact) mass is 511 g/mol. The smallest absolute Gasteiger partial charge is 0.243 e. The molecule has 188 valence electrons. The Labute approximate surface area is 208 Å². The van der Waals surface area contributed by atoms with Gasteiger partial charge in [0.15, 0.2) is 28.5 Å². The molecule has 1 aliphatic heterocycles. The summed E-state index contributed by atoms with van der Waals surface area (Å²) in [5.74, 6) is 2.18. The first-order valence-corrected chi connectivity index (χ1v) is 12.6. The first-order valence-electron chi connectivity index (χ1n) is 11.1. The standard InChI is InChI=1S/C23H25N7O5S/c1-33-17-6-4-16(5-7-17)30-23-21(26-27-30)22(24-15-25-23)28-10-12-29(13-11-28)36(31,32)18-8-9-19(34-2)20(14-18)35-3/h4-9,14-15H,10-13H2,1-3H3. The van der Waals surface area contributed by atoms with Gasteiger partial charge < -0.3 is 19.1 Å². The number of ether oxygens (including phenoxy) is 3. The average Bonchev–Trinajstić information content (AvgIpc) is 3.37. The van der Waals surface area contributed by atoms with Crippen molar-refractivity contribution in [1.82, 2.24) is 29.3 Å². The number of anilines is 1. The minimum Gasteiger partial charge on any atom is -0.497 e. The maximum Gasteiger partial charge on any atom is 0.243 e. The molecule has 0 aliphatic carbocycles. The quantitative estimate of drug-likeness (QED) is 0.362. The lowest BCUT2D eigenvalue weighted by Gasteiger charge is -2.34. The van der Waals surface area contributed by atoms with E-state index in [-0.39, 0.29) is 18.0 Å². The number of benzene rings is 2. The van der Waals surface area contributed by atoms with Crippen LogP contribution in [0.3, 0.4) is 0 Å². The van der Waals surface area contributed by atoms with E-state index < -0.39 is 10.0 Å². The lowest BCUT2D eigenvalue weighted by molar-refractivity contribution is 0.353. The van der Waals surface area contributed by atoms with Gasteiger partial charge in [-0.3, -0.25) is 0 Å². The molecule has 1 saturated heterocycles. The maximum atomic E-state index is 13.3. The number of aromatic nitrogens is 5. The molecule has 13 heteroatoms. The highest BCUT2D eigenvalue weighted by Crippen LogP contribution is 2.31. The second kappa shape index (κ2) is 9.59. The van der Waals surface area contributed by atoms with Gasteiger partial charge >= 0.3 is 0 Å². The van der Waals surface area contributed by atoms with Crippen molar-refractivity contribution in [1.29, 1.82) is 0 Å². The van der Waals surface area contributed by atoms with Gasteiger partial charge in [0.25, 0.3) is 0 Å². The summed E-state index contributed by atoms with van der Waals surface area (Å²) in [4.78, 5) is 11.0. The van der Waals surface area contributed by atoms with Gasteiger partial charge in [0, 0.05) is 32.2 Å². The molecular formula is C23H25N7O5S. The van der Waals surface area contributed by atoms with Crippen LogP contribution in [0.15, 0.2) is 53.7 Å². The molecule has 0 atom stereocenters. The van der Waals surface area contributed by atoms with Gasteiger partial charge in [-0.25, -0.2) is 18.4 Å². The van der Waals surface area contributed by atoms with E-state index in [4.69, 9.17) is 14.2 Å². The number of rotatable bonds is 7. The van der Waals surface area contributed by atoms with Gasteiger partial charge in [-0.05, 0) is 36.4 Å². The second-order valence-corrected chi connectivity index (χ2v) is 9.91. The van der Waals surface area contributed by atoms with E-state index in [0.29, 0.717) is 41.6 Å². The molecule has 0 unspecified atom stereocenters. The van der Waals surface area contributed by atoms with E-state index in [9.17, 15) is 8.42 Å². The Kier molecular flexibility index (Phi) is 6.33. The largest absolute Gasteiger partial charge is 0.497 e. The van der Waals surface area contributed by atoms with Crippen LogP contribution in [0.4, 0.5) is 5.82 Å². The Bertz CT molecular complexity index is 1480. The molecule has 2 aromatic heterocycles. The zero-order valence-corrected chi connectivity index (χ0v) is 20.8. The minimum absolute atomic E-state index is 0.153. The number of sulfonamides is 1. The van der Waals surface area contributed by atoms with Gasteiger partial charge in [0.1, 0.15) is 12.1 Å². The van der Waals surface area contributed by atoms with Crippen molar-refractivity contribution in [2.24, 2.45) is 0 Å². The predicted molar refractivity (Wildman–Crippen MR) is 132 cm³/mol. The highest BCUT2D eigenvalue weighted by Gasteiger charge is 2.31. The SMILES string of the molecule is COc1ccc(-n2nnc3c(N4CCN(S(=O)(=O)c5ccc(OC)c(OC)c5)CC4)ncnc32)cc1. The minimum atomic E-state index is -3.71. The van der Waals surface area contributed by atoms with Gasteiger partial charge in [0.2, 0.25) is 10.0 Å². The number of methoxy groups -OCH3 is 3. The third-order valence-corrected chi connectivity index (χ3v) is 7.96. The van der Waals surface area contributed by atoms with E-state index in [1.807, 2.05) is 29.2 Å². The number of hydrogen-bond acceptors (Lipinski definition) is 10. The molecule has 1 aliphatic rings. The van der Waals surface area contributed by atoms with Gasteiger partial charge in [-0.1, -0.05) is 5.21 Å². The first-order chi connectivity index (χ1) is 17.5. The molecule has 0 bridgehead atoms. The Morgan fingerprint density at radius 3 is 2.22 bits per heavy atom. The molecule has 0 radical (unpaired) electrons. The summed E-state index contributed by atoms with van der Waals surface area (Å²) >= 11 is 0. The van der Waals surface area contributed by atoms with Crippen molar-refractivity contribution in [2.75, 3.05) is 52.4 Å². The highest BCUT2D eigenvalue weighted by atomic mass is 32.2. The molecule has 5 rings (SSSR count). The summed E-state index contributed by atoms with van der Waals surface area (Å²) in [6.45, 7) is 1.45. The predicted octanol–water partition coefficient (Wildman–Crippen LogP) is 1.75. The van der Waals surface area contributed by atoms with Crippen LogP contribution in [0.5, 0.6) is 17.2 Å². The fraction of sp³-hybridized carbons (Fsp3) is 0.304. The molecule has 3 heterocycles. The first kappa shape index (κ1) is 23.8. The molecule has 0 N–H and O–H groups in total. The van der Waals surface area contributed by atoms with E-state index in [1.165, 1.54) is 37.0 Å². The lowest BCUT2D eigenvalue weighted by atomic mass is 10.3. The van der Waals surface area contributed by atoms with Crippen molar-refractivity contribution in [3.8, 4) is 22.9 Å². The molecular weight excluding hydrogens is 486 g/mol. The van der Waals surface area contributed by atoms with Crippen molar-refractivity contribution in [3.05, 3.63) is 48.8 Å². The van der Waals surface area contributed by atoms with Gasteiger partial charge in [-0.2, -0.15) is 8.99 Å². The maximum absolute atomic E-state index is 13.3. The Balaban J connectivity index is 1.36. The Morgan fingerprint density at radius 2 is 1.56 bits per heavy atom. The second-order valence-electron chi connectivity index (χ2n) is 7.98. The van der Waals surface area contributed by atoms with Crippen LogP contribution in [-0.4, -0.2) is 85.2 Å². The lowest BCUT2D eigenvalue weighted by Crippen LogP contribution is -2.49. The molecule has 12 nitrogen and oxygen atoms in total. The number of hydrogen-bond donors (Lipinski definition) is 0.